The van der Waals surface area contributed by atoms with Crippen molar-refractivity contribution in [1.29, 1.82) is 0 Å². The molecular formula is C16H16N2OS. The Morgan fingerprint density at radius 2 is 1.90 bits per heavy atom. The number of aromatic nitrogens is 1. The SMILES string of the molecule is COc1ccc(N(C)C)cc1-c1nc2ccccc2s1. The molecule has 0 N–H and O–H groups in total. The third-order valence-electron chi connectivity index (χ3n) is 3.22. The Morgan fingerprint density at radius 3 is 2.60 bits per heavy atom. The van der Waals surface area contributed by atoms with Gasteiger partial charge in [0.1, 0.15) is 10.8 Å². The largest absolute Gasteiger partial charge is 0.496 e. The number of fused-ring (bicyclic) bond motifs is 1. The molecule has 0 spiro atoms. The zero-order valence-corrected chi connectivity index (χ0v) is 12.6. The second-order valence-corrected chi connectivity index (χ2v) is 5.80. The van der Waals surface area contributed by atoms with Crippen LogP contribution in [0.25, 0.3) is 20.8 Å². The minimum Gasteiger partial charge on any atom is -0.496 e. The minimum absolute atomic E-state index is 0.856. The summed E-state index contributed by atoms with van der Waals surface area (Å²) in [6, 6.07) is 14.4. The van der Waals surface area contributed by atoms with E-state index in [-0.39, 0.29) is 0 Å². The topological polar surface area (TPSA) is 25.4 Å². The lowest BCUT2D eigenvalue weighted by Crippen LogP contribution is -2.08. The average Bonchev–Trinajstić information content (AvgIpc) is 2.90. The second-order valence-electron chi connectivity index (χ2n) is 4.77. The Balaban J connectivity index is 2.18. The molecule has 0 aliphatic rings. The van der Waals surface area contributed by atoms with Crippen LogP contribution < -0.4 is 9.64 Å². The number of para-hydroxylation sites is 1. The molecule has 3 aromatic rings. The molecule has 1 heterocycles. The Kier molecular flexibility index (Phi) is 3.32. The molecule has 102 valence electrons. The Bertz CT molecular complexity index is 716. The summed E-state index contributed by atoms with van der Waals surface area (Å²) in [7, 11) is 5.76. The van der Waals surface area contributed by atoms with Crippen LogP contribution in [0.4, 0.5) is 5.69 Å². The molecule has 0 atom stereocenters. The predicted molar refractivity (Wildman–Crippen MR) is 85.9 cm³/mol. The van der Waals surface area contributed by atoms with Crippen LogP contribution in [0.5, 0.6) is 5.75 Å². The van der Waals surface area contributed by atoms with E-state index < -0.39 is 0 Å². The van der Waals surface area contributed by atoms with Gasteiger partial charge in [0.25, 0.3) is 0 Å². The van der Waals surface area contributed by atoms with Crippen LogP contribution in [0.15, 0.2) is 42.5 Å². The molecule has 1 aromatic heterocycles. The number of hydrogen-bond donors (Lipinski definition) is 0. The number of thiazole rings is 1. The van der Waals surface area contributed by atoms with Crippen LogP contribution >= 0.6 is 11.3 Å². The number of benzene rings is 2. The molecule has 0 saturated carbocycles. The van der Waals surface area contributed by atoms with Gasteiger partial charge in [-0.05, 0) is 30.3 Å². The van der Waals surface area contributed by atoms with Gasteiger partial charge in [-0.15, -0.1) is 11.3 Å². The van der Waals surface area contributed by atoms with E-state index in [4.69, 9.17) is 9.72 Å². The van der Waals surface area contributed by atoms with Crippen molar-refractivity contribution in [3.05, 3.63) is 42.5 Å². The van der Waals surface area contributed by atoms with Crippen molar-refractivity contribution in [2.24, 2.45) is 0 Å². The maximum Gasteiger partial charge on any atom is 0.129 e. The number of methoxy groups -OCH3 is 1. The fourth-order valence-electron chi connectivity index (χ4n) is 2.13. The lowest BCUT2D eigenvalue weighted by molar-refractivity contribution is 0.416. The minimum atomic E-state index is 0.856. The first-order chi connectivity index (χ1) is 9.69. The van der Waals surface area contributed by atoms with Crippen molar-refractivity contribution in [1.82, 2.24) is 4.98 Å². The molecule has 0 aliphatic heterocycles. The Labute approximate surface area is 122 Å². The maximum absolute atomic E-state index is 5.48. The van der Waals surface area contributed by atoms with E-state index in [9.17, 15) is 0 Å². The van der Waals surface area contributed by atoms with Crippen molar-refractivity contribution in [3.8, 4) is 16.3 Å². The molecule has 0 aliphatic carbocycles. The van der Waals surface area contributed by atoms with Gasteiger partial charge in [-0.1, -0.05) is 12.1 Å². The molecule has 20 heavy (non-hydrogen) atoms. The highest BCUT2D eigenvalue weighted by Gasteiger charge is 2.12. The highest BCUT2D eigenvalue weighted by atomic mass is 32.1. The Hall–Kier alpha value is -2.07. The molecule has 3 rings (SSSR count). The van der Waals surface area contributed by atoms with E-state index in [0.717, 1.165) is 27.5 Å². The van der Waals surface area contributed by atoms with Gasteiger partial charge >= 0.3 is 0 Å². The summed E-state index contributed by atoms with van der Waals surface area (Å²) >= 11 is 1.69. The van der Waals surface area contributed by atoms with Crippen LogP contribution in [-0.4, -0.2) is 26.2 Å². The normalized spacial score (nSPS) is 10.8. The van der Waals surface area contributed by atoms with Crippen LogP contribution in [0.3, 0.4) is 0 Å². The zero-order valence-electron chi connectivity index (χ0n) is 11.8. The van der Waals surface area contributed by atoms with Gasteiger partial charge in [-0.2, -0.15) is 0 Å². The van der Waals surface area contributed by atoms with E-state index in [1.165, 1.54) is 4.70 Å². The standard InChI is InChI=1S/C16H16N2OS/c1-18(2)11-8-9-14(19-3)12(10-11)16-17-13-6-4-5-7-15(13)20-16/h4-10H,1-3H3. The summed E-state index contributed by atoms with van der Waals surface area (Å²) in [4.78, 5) is 6.79. The van der Waals surface area contributed by atoms with Gasteiger partial charge in [-0.3, -0.25) is 0 Å². The molecule has 0 amide bonds. The lowest BCUT2D eigenvalue weighted by Gasteiger charge is -2.15. The average molecular weight is 284 g/mol. The maximum atomic E-state index is 5.48. The van der Waals surface area contributed by atoms with Crippen molar-refractivity contribution >= 4 is 27.2 Å². The summed E-state index contributed by atoms with van der Waals surface area (Å²) < 4.78 is 6.67. The van der Waals surface area contributed by atoms with Crippen molar-refractivity contribution in [3.63, 3.8) is 0 Å². The molecule has 2 aromatic carbocycles. The number of ether oxygens (including phenoxy) is 1. The van der Waals surface area contributed by atoms with Gasteiger partial charge < -0.3 is 9.64 Å². The van der Waals surface area contributed by atoms with Crippen LogP contribution in [-0.2, 0) is 0 Å². The first-order valence-corrected chi connectivity index (χ1v) is 7.22. The van der Waals surface area contributed by atoms with Crippen LogP contribution in [0, 0.1) is 0 Å². The molecule has 3 nitrogen and oxygen atoms in total. The van der Waals surface area contributed by atoms with E-state index in [1.807, 2.05) is 38.4 Å². The van der Waals surface area contributed by atoms with Crippen LogP contribution in [0.2, 0.25) is 0 Å². The van der Waals surface area contributed by atoms with Gasteiger partial charge in [0.05, 0.1) is 22.9 Å². The van der Waals surface area contributed by atoms with E-state index in [0.29, 0.717) is 0 Å². The van der Waals surface area contributed by atoms with Gasteiger partial charge in [0.2, 0.25) is 0 Å². The van der Waals surface area contributed by atoms with Gasteiger partial charge in [0, 0.05) is 19.8 Å². The number of nitrogens with zero attached hydrogens (tertiary/aromatic N) is 2. The summed E-state index contributed by atoms with van der Waals surface area (Å²) in [6.45, 7) is 0. The fraction of sp³-hybridized carbons (Fsp3) is 0.188. The molecule has 0 fully saturated rings. The van der Waals surface area contributed by atoms with Gasteiger partial charge in [0.15, 0.2) is 0 Å². The summed E-state index contributed by atoms with van der Waals surface area (Å²) in [6.07, 6.45) is 0. The zero-order chi connectivity index (χ0) is 14.1. The van der Waals surface area contributed by atoms with E-state index in [1.54, 1.807) is 18.4 Å². The molecular weight excluding hydrogens is 268 g/mol. The monoisotopic (exact) mass is 284 g/mol. The highest BCUT2D eigenvalue weighted by Crippen LogP contribution is 2.37. The summed E-state index contributed by atoms with van der Waals surface area (Å²) in [5.41, 5.74) is 3.21. The van der Waals surface area contributed by atoms with E-state index in [2.05, 4.69) is 23.1 Å². The smallest absolute Gasteiger partial charge is 0.129 e. The number of hydrogen-bond acceptors (Lipinski definition) is 4. The summed E-state index contributed by atoms with van der Waals surface area (Å²) in [5.74, 6) is 0.856. The molecule has 0 saturated heterocycles. The molecule has 0 unspecified atom stereocenters. The van der Waals surface area contributed by atoms with Crippen molar-refractivity contribution < 1.29 is 4.74 Å². The highest BCUT2D eigenvalue weighted by molar-refractivity contribution is 7.21. The lowest BCUT2D eigenvalue weighted by atomic mass is 10.1. The van der Waals surface area contributed by atoms with Crippen molar-refractivity contribution in [2.75, 3.05) is 26.1 Å². The predicted octanol–water partition coefficient (Wildman–Crippen LogP) is 4.04. The quantitative estimate of drug-likeness (QED) is 0.726. The van der Waals surface area contributed by atoms with Crippen molar-refractivity contribution in [2.45, 2.75) is 0 Å². The first kappa shape index (κ1) is 12.9. The number of rotatable bonds is 3. The van der Waals surface area contributed by atoms with Gasteiger partial charge in [-0.25, -0.2) is 4.98 Å². The number of anilines is 1. The van der Waals surface area contributed by atoms with Crippen LogP contribution in [0.1, 0.15) is 0 Å². The van der Waals surface area contributed by atoms with E-state index >= 15 is 0 Å². The molecule has 0 radical (unpaired) electrons. The first-order valence-electron chi connectivity index (χ1n) is 6.40. The Morgan fingerprint density at radius 1 is 1.10 bits per heavy atom. The molecule has 0 bridgehead atoms. The second kappa shape index (κ2) is 5.13. The molecule has 4 heteroatoms. The summed E-state index contributed by atoms with van der Waals surface area (Å²) in [5, 5.41) is 0.992. The fourth-order valence-corrected chi connectivity index (χ4v) is 3.12. The third-order valence-corrected chi connectivity index (χ3v) is 4.29. The third kappa shape index (κ3) is 2.23.